The van der Waals surface area contributed by atoms with Gasteiger partial charge >= 0.3 is 0 Å². The number of carbonyl (C=O) groups is 1. The van der Waals surface area contributed by atoms with Crippen molar-refractivity contribution in [2.45, 2.75) is 49.8 Å². The van der Waals surface area contributed by atoms with Crippen molar-refractivity contribution in [2.75, 3.05) is 6.61 Å². The average molecular weight is 266 g/mol. The molecule has 0 bridgehead atoms. The molecule has 14 heavy (non-hydrogen) atoms. The second-order valence-electron chi connectivity index (χ2n) is 3.80. The van der Waals surface area contributed by atoms with Crippen LogP contribution in [0, 0.1) is 0 Å². The number of hydrogen-bond acceptors (Lipinski definition) is 2. The van der Waals surface area contributed by atoms with E-state index >= 15 is 0 Å². The van der Waals surface area contributed by atoms with E-state index in [-0.39, 0.29) is 12.5 Å². The maximum atomic E-state index is 10.9. The first-order chi connectivity index (χ1) is 6.50. The largest absolute Gasteiger partial charge is 0.396 e. The summed E-state index contributed by atoms with van der Waals surface area (Å²) in [5, 5.41) is 8.56. The van der Waals surface area contributed by atoms with Crippen LogP contribution >= 0.6 is 15.9 Å². The molecule has 0 heterocycles. The summed E-state index contributed by atoms with van der Waals surface area (Å²) < 4.78 is -0.552. The van der Waals surface area contributed by atoms with Gasteiger partial charge in [-0.3, -0.25) is 4.79 Å². The molecule has 4 heteroatoms. The lowest BCUT2D eigenvalue weighted by Crippen LogP contribution is -2.34. The normalized spacial score (nSPS) is 15.1. The maximum absolute atomic E-state index is 10.9. The monoisotopic (exact) mass is 265 g/mol. The van der Waals surface area contributed by atoms with Gasteiger partial charge in [-0.25, -0.2) is 0 Å². The molecule has 0 aliphatic heterocycles. The van der Waals surface area contributed by atoms with Crippen molar-refractivity contribution in [1.82, 2.24) is 0 Å². The lowest BCUT2D eigenvalue weighted by Gasteiger charge is -2.17. The molecule has 0 aliphatic rings. The van der Waals surface area contributed by atoms with E-state index in [0.717, 1.165) is 38.5 Å². The van der Waals surface area contributed by atoms with Crippen LogP contribution in [0.5, 0.6) is 0 Å². The van der Waals surface area contributed by atoms with E-state index in [2.05, 4.69) is 15.9 Å². The van der Waals surface area contributed by atoms with E-state index < -0.39 is 4.32 Å². The van der Waals surface area contributed by atoms with Crippen molar-refractivity contribution < 1.29 is 9.90 Å². The number of nitrogens with two attached hydrogens (primary N) is 1. The van der Waals surface area contributed by atoms with E-state index in [0.29, 0.717) is 0 Å². The first kappa shape index (κ1) is 13.9. The minimum Gasteiger partial charge on any atom is -0.396 e. The van der Waals surface area contributed by atoms with Crippen molar-refractivity contribution in [1.29, 1.82) is 0 Å². The molecule has 1 amide bonds. The van der Waals surface area contributed by atoms with Crippen molar-refractivity contribution in [3.63, 3.8) is 0 Å². The summed E-state index contributed by atoms with van der Waals surface area (Å²) in [5.74, 6) is -0.298. The van der Waals surface area contributed by atoms with E-state index in [1.807, 2.05) is 6.92 Å². The minimum atomic E-state index is -0.552. The summed E-state index contributed by atoms with van der Waals surface area (Å²) in [7, 11) is 0. The fourth-order valence-corrected chi connectivity index (χ4v) is 1.50. The number of aliphatic hydroxyl groups is 1. The van der Waals surface area contributed by atoms with Crippen molar-refractivity contribution >= 4 is 21.8 Å². The standard InChI is InChI=1S/C10H20BrNO2/c1-10(11,9(12)14)7-5-3-2-4-6-8-13/h13H,2-8H2,1H3,(H2,12,14). The number of primary amides is 1. The molecule has 3 N–H and O–H groups in total. The predicted octanol–water partition coefficient (Wildman–Crippen LogP) is 1.96. The molecular weight excluding hydrogens is 246 g/mol. The highest BCUT2D eigenvalue weighted by Crippen LogP contribution is 2.24. The molecule has 84 valence electrons. The van der Waals surface area contributed by atoms with Gasteiger partial charge in [0.1, 0.15) is 4.32 Å². The lowest BCUT2D eigenvalue weighted by atomic mass is 10.0. The number of halogens is 1. The number of rotatable bonds is 8. The second kappa shape index (κ2) is 7.23. The van der Waals surface area contributed by atoms with Gasteiger partial charge in [0, 0.05) is 6.61 Å². The Hall–Kier alpha value is -0.0900. The van der Waals surface area contributed by atoms with Gasteiger partial charge in [0.15, 0.2) is 0 Å². The zero-order valence-electron chi connectivity index (χ0n) is 8.76. The van der Waals surface area contributed by atoms with Crippen molar-refractivity contribution in [3.05, 3.63) is 0 Å². The first-order valence-corrected chi connectivity index (χ1v) is 5.89. The lowest BCUT2D eigenvalue weighted by molar-refractivity contribution is -0.119. The van der Waals surface area contributed by atoms with Crippen LogP contribution in [0.2, 0.25) is 0 Å². The highest BCUT2D eigenvalue weighted by Gasteiger charge is 2.26. The van der Waals surface area contributed by atoms with Crippen molar-refractivity contribution in [3.8, 4) is 0 Å². The van der Waals surface area contributed by atoms with E-state index in [1.165, 1.54) is 0 Å². The molecule has 0 aromatic rings. The second-order valence-corrected chi connectivity index (χ2v) is 5.55. The van der Waals surface area contributed by atoms with E-state index in [9.17, 15) is 4.79 Å². The number of hydrogen-bond donors (Lipinski definition) is 2. The van der Waals surface area contributed by atoms with E-state index in [4.69, 9.17) is 10.8 Å². The van der Waals surface area contributed by atoms with Crippen LogP contribution in [0.25, 0.3) is 0 Å². The summed E-state index contributed by atoms with van der Waals surface area (Å²) in [4.78, 5) is 10.9. The molecule has 0 aromatic heterocycles. The van der Waals surface area contributed by atoms with Crippen LogP contribution in [0.3, 0.4) is 0 Å². The predicted molar refractivity (Wildman–Crippen MR) is 61.3 cm³/mol. The Morgan fingerprint density at radius 3 is 2.29 bits per heavy atom. The zero-order chi connectivity index (χ0) is 11.0. The highest BCUT2D eigenvalue weighted by molar-refractivity contribution is 9.10. The van der Waals surface area contributed by atoms with Gasteiger partial charge in [0.25, 0.3) is 0 Å². The molecule has 1 atom stereocenters. The van der Waals surface area contributed by atoms with Gasteiger partial charge in [-0.1, -0.05) is 41.6 Å². The molecule has 0 rings (SSSR count). The Bertz CT molecular complexity index is 172. The third-order valence-electron chi connectivity index (χ3n) is 2.32. The SMILES string of the molecule is CC(Br)(CCCCCCCO)C(N)=O. The topological polar surface area (TPSA) is 63.3 Å². The Kier molecular flexibility index (Phi) is 7.19. The summed E-state index contributed by atoms with van der Waals surface area (Å²) in [5.41, 5.74) is 5.21. The number of unbranched alkanes of at least 4 members (excludes halogenated alkanes) is 4. The summed E-state index contributed by atoms with van der Waals surface area (Å²) in [6.45, 7) is 2.08. The molecule has 0 aromatic carbocycles. The smallest absolute Gasteiger partial charge is 0.234 e. The van der Waals surface area contributed by atoms with E-state index in [1.54, 1.807) is 0 Å². The summed E-state index contributed by atoms with van der Waals surface area (Å²) in [6.07, 6.45) is 5.92. The fraction of sp³-hybridized carbons (Fsp3) is 0.900. The van der Waals surface area contributed by atoms with Gasteiger partial charge in [-0.2, -0.15) is 0 Å². The summed E-state index contributed by atoms with van der Waals surface area (Å²) >= 11 is 3.31. The Balaban J connectivity index is 3.40. The van der Waals surface area contributed by atoms with Gasteiger partial charge in [-0.15, -0.1) is 0 Å². The Labute approximate surface area is 94.2 Å². The highest BCUT2D eigenvalue weighted by atomic mass is 79.9. The van der Waals surface area contributed by atoms with Crippen LogP contribution < -0.4 is 5.73 Å². The summed E-state index contributed by atoms with van der Waals surface area (Å²) in [6, 6.07) is 0. The number of aliphatic hydroxyl groups excluding tert-OH is 1. The van der Waals surface area contributed by atoms with Crippen molar-refractivity contribution in [2.24, 2.45) is 5.73 Å². The molecule has 0 saturated carbocycles. The third-order valence-corrected chi connectivity index (χ3v) is 3.11. The Morgan fingerprint density at radius 2 is 1.79 bits per heavy atom. The molecule has 0 radical (unpaired) electrons. The van der Waals surface area contributed by atoms with Gasteiger partial charge in [0.05, 0.1) is 0 Å². The molecule has 0 aliphatic carbocycles. The van der Waals surface area contributed by atoms with Gasteiger partial charge in [0.2, 0.25) is 5.91 Å². The molecular formula is C10H20BrNO2. The maximum Gasteiger partial charge on any atom is 0.234 e. The number of amides is 1. The molecule has 1 unspecified atom stereocenters. The third kappa shape index (κ3) is 6.38. The fourth-order valence-electron chi connectivity index (χ4n) is 1.22. The Morgan fingerprint density at radius 1 is 1.29 bits per heavy atom. The molecule has 0 spiro atoms. The average Bonchev–Trinajstić information content (AvgIpc) is 2.10. The van der Waals surface area contributed by atoms with Crippen LogP contribution in [-0.2, 0) is 4.79 Å². The number of carbonyl (C=O) groups excluding carboxylic acids is 1. The zero-order valence-corrected chi connectivity index (χ0v) is 10.3. The van der Waals surface area contributed by atoms with Crippen LogP contribution in [-0.4, -0.2) is 21.9 Å². The van der Waals surface area contributed by atoms with Crippen LogP contribution in [0.4, 0.5) is 0 Å². The van der Waals surface area contributed by atoms with Crippen LogP contribution in [0.15, 0.2) is 0 Å². The first-order valence-electron chi connectivity index (χ1n) is 5.10. The number of alkyl halides is 1. The molecule has 0 fully saturated rings. The quantitative estimate of drug-likeness (QED) is 0.521. The van der Waals surface area contributed by atoms with Crippen LogP contribution in [0.1, 0.15) is 45.4 Å². The van der Waals surface area contributed by atoms with Gasteiger partial charge in [-0.05, 0) is 19.8 Å². The molecule has 0 saturated heterocycles. The van der Waals surface area contributed by atoms with Gasteiger partial charge < -0.3 is 10.8 Å². The minimum absolute atomic E-state index is 0.275. The molecule has 3 nitrogen and oxygen atoms in total.